The summed E-state index contributed by atoms with van der Waals surface area (Å²) in [6.45, 7) is 3.31. The molecule has 0 spiro atoms. The summed E-state index contributed by atoms with van der Waals surface area (Å²) in [5, 5.41) is 6.64. The molecule has 2 rings (SSSR count). The Bertz CT molecular complexity index is 516. The third kappa shape index (κ3) is 9.91. The number of guanidine groups is 1. The Morgan fingerprint density at radius 1 is 1.40 bits per heavy atom. The Kier molecular flexibility index (Phi) is 12.7. The van der Waals surface area contributed by atoms with E-state index in [0.717, 1.165) is 60.2 Å². The highest BCUT2D eigenvalue weighted by Gasteiger charge is 2.15. The maximum absolute atomic E-state index is 5.71. The maximum Gasteiger partial charge on any atom is 0.191 e. The summed E-state index contributed by atoms with van der Waals surface area (Å²) < 4.78 is 12.3. The average Bonchev–Trinajstić information content (AvgIpc) is 3.10. The van der Waals surface area contributed by atoms with Crippen LogP contribution in [0.3, 0.4) is 0 Å². The van der Waals surface area contributed by atoms with Crippen molar-refractivity contribution in [2.45, 2.75) is 18.9 Å². The van der Waals surface area contributed by atoms with Gasteiger partial charge in [0.05, 0.1) is 12.7 Å². The minimum absolute atomic E-state index is 0. The van der Waals surface area contributed by atoms with Gasteiger partial charge in [0.15, 0.2) is 5.96 Å². The Balaban J connectivity index is 0.00000312. The predicted molar refractivity (Wildman–Crippen MR) is 121 cm³/mol. The number of aliphatic imine (C=N–C) groups is 1. The summed E-state index contributed by atoms with van der Waals surface area (Å²) >= 11 is 5.31. The van der Waals surface area contributed by atoms with Crippen LogP contribution in [0.15, 0.2) is 33.7 Å². The van der Waals surface area contributed by atoms with Gasteiger partial charge in [-0.05, 0) is 31.0 Å². The van der Waals surface area contributed by atoms with Gasteiger partial charge >= 0.3 is 0 Å². The van der Waals surface area contributed by atoms with Crippen LogP contribution in [0.1, 0.15) is 12.8 Å². The Morgan fingerprint density at radius 3 is 3.00 bits per heavy atom. The van der Waals surface area contributed by atoms with E-state index in [1.165, 1.54) is 0 Å². The number of nitrogens with one attached hydrogen (secondary N) is 2. The molecule has 1 aliphatic rings. The SMILES string of the molecule is CN=C(NCCSCCOc1cccc(Br)c1)NCC1CCCO1.I. The van der Waals surface area contributed by atoms with Crippen LogP contribution in [0.2, 0.25) is 0 Å². The fourth-order valence-electron chi connectivity index (χ4n) is 2.36. The van der Waals surface area contributed by atoms with Crippen LogP contribution in [0, 0.1) is 0 Å². The fraction of sp³-hybridized carbons (Fsp3) is 0.588. The zero-order valence-electron chi connectivity index (χ0n) is 14.5. The molecule has 142 valence electrons. The van der Waals surface area contributed by atoms with Gasteiger partial charge in [-0.3, -0.25) is 4.99 Å². The lowest BCUT2D eigenvalue weighted by Gasteiger charge is -2.15. The zero-order chi connectivity index (χ0) is 17.0. The second kappa shape index (κ2) is 13.9. The van der Waals surface area contributed by atoms with Gasteiger partial charge in [-0.15, -0.1) is 24.0 Å². The molecule has 0 bridgehead atoms. The molecule has 1 aliphatic heterocycles. The number of hydrogen-bond acceptors (Lipinski definition) is 4. The molecule has 1 saturated heterocycles. The molecule has 5 nitrogen and oxygen atoms in total. The molecule has 0 aromatic heterocycles. The molecule has 8 heteroatoms. The van der Waals surface area contributed by atoms with Crippen molar-refractivity contribution in [3.8, 4) is 5.75 Å². The number of benzene rings is 1. The lowest BCUT2D eigenvalue weighted by atomic mass is 10.2. The second-order valence-electron chi connectivity index (χ2n) is 5.43. The van der Waals surface area contributed by atoms with Crippen molar-refractivity contribution in [1.82, 2.24) is 10.6 Å². The second-order valence-corrected chi connectivity index (χ2v) is 7.57. The van der Waals surface area contributed by atoms with Crippen LogP contribution in [0.25, 0.3) is 0 Å². The Hall–Kier alpha value is -0.190. The van der Waals surface area contributed by atoms with Crippen molar-refractivity contribution in [3.05, 3.63) is 28.7 Å². The van der Waals surface area contributed by atoms with Gasteiger partial charge in [-0.1, -0.05) is 22.0 Å². The summed E-state index contributed by atoms with van der Waals surface area (Å²) in [6, 6.07) is 7.93. The topological polar surface area (TPSA) is 54.9 Å². The molecule has 1 fully saturated rings. The third-order valence-corrected chi connectivity index (χ3v) is 5.02. The highest BCUT2D eigenvalue weighted by Crippen LogP contribution is 2.17. The molecule has 0 aliphatic carbocycles. The van der Waals surface area contributed by atoms with Crippen molar-refractivity contribution in [2.24, 2.45) is 4.99 Å². The van der Waals surface area contributed by atoms with Crippen LogP contribution in [-0.2, 0) is 4.74 Å². The van der Waals surface area contributed by atoms with Crippen molar-refractivity contribution in [2.75, 3.05) is 44.9 Å². The van der Waals surface area contributed by atoms with Crippen LogP contribution in [0.4, 0.5) is 0 Å². The molecule has 1 heterocycles. The monoisotopic (exact) mass is 543 g/mol. The van der Waals surface area contributed by atoms with Crippen molar-refractivity contribution < 1.29 is 9.47 Å². The number of ether oxygens (including phenoxy) is 2. The fourth-order valence-corrected chi connectivity index (χ4v) is 3.39. The van der Waals surface area contributed by atoms with Gasteiger partial charge in [-0.2, -0.15) is 11.8 Å². The van der Waals surface area contributed by atoms with Gasteiger partial charge in [0.1, 0.15) is 5.75 Å². The third-order valence-electron chi connectivity index (χ3n) is 3.58. The van der Waals surface area contributed by atoms with Gasteiger partial charge in [0.25, 0.3) is 0 Å². The molecule has 2 N–H and O–H groups in total. The number of thioether (sulfide) groups is 1. The van der Waals surface area contributed by atoms with Crippen LogP contribution in [0.5, 0.6) is 5.75 Å². The normalized spacial score (nSPS) is 17.0. The maximum atomic E-state index is 5.71. The van der Waals surface area contributed by atoms with E-state index in [1.807, 2.05) is 36.0 Å². The first kappa shape index (κ1) is 22.9. The number of hydrogen-bond donors (Lipinski definition) is 2. The lowest BCUT2D eigenvalue weighted by Crippen LogP contribution is -2.41. The van der Waals surface area contributed by atoms with Crippen LogP contribution >= 0.6 is 51.7 Å². The number of nitrogens with zero attached hydrogens (tertiary/aromatic N) is 1. The van der Waals surface area contributed by atoms with Crippen molar-refractivity contribution >= 4 is 57.6 Å². The molecular formula is C17H27BrIN3O2S. The quantitative estimate of drug-likeness (QED) is 0.216. The van der Waals surface area contributed by atoms with E-state index in [2.05, 4.69) is 31.6 Å². The summed E-state index contributed by atoms with van der Waals surface area (Å²) in [7, 11) is 1.80. The average molecular weight is 544 g/mol. The number of halogens is 2. The van der Waals surface area contributed by atoms with Crippen LogP contribution < -0.4 is 15.4 Å². The van der Waals surface area contributed by atoms with Crippen molar-refractivity contribution in [1.29, 1.82) is 0 Å². The molecule has 0 amide bonds. The molecule has 0 radical (unpaired) electrons. The molecule has 0 saturated carbocycles. The van der Waals surface area contributed by atoms with E-state index in [0.29, 0.717) is 12.7 Å². The summed E-state index contributed by atoms with van der Waals surface area (Å²) in [4.78, 5) is 4.23. The predicted octanol–water partition coefficient (Wildman–Crippen LogP) is 3.52. The molecule has 1 unspecified atom stereocenters. The van der Waals surface area contributed by atoms with Gasteiger partial charge < -0.3 is 20.1 Å². The molecule has 1 aromatic rings. The van der Waals surface area contributed by atoms with Crippen molar-refractivity contribution in [3.63, 3.8) is 0 Å². The minimum Gasteiger partial charge on any atom is -0.493 e. The summed E-state index contributed by atoms with van der Waals surface area (Å²) in [5.74, 6) is 3.73. The van der Waals surface area contributed by atoms with E-state index in [4.69, 9.17) is 9.47 Å². The smallest absolute Gasteiger partial charge is 0.191 e. The molecule has 25 heavy (non-hydrogen) atoms. The van der Waals surface area contributed by atoms with E-state index in [9.17, 15) is 0 Å². The Labute approximate surface area is 180 Å². The van der Waals surface area contributed by atoms with Gasteiger partial charge in [0.2, 0.25) is 0 Å². The molecular weight excluding hydrogens is 517 g/mol. The largest absolute Gasteiger partial charge is 0.493 e. The first-order valence-electron chi connectivity index (χ1n) is 8.30. The summed E-state index contributed by atoms with van der Waals surface area (Å²) in [6.07, 6.45) is 2.63. The summed E-state index contributed by atoms with van der Waals surface area (Å²) in [5.41, 5.74) is 0. The highest BCUT2D eigenvalue weighted by atomic mass is 127. The van der Waals surface area contributed by atoms with Gasteiger partial charge in [0, 0.05) is 42.7 Å². The van der Waals surface area contributed by atoms with Gasteiger partial charge in [-0.25, -0.2) is 0 Å². The van der Waals surface area contributed by atoms with Crippen LogP contribution in [-0.4, -0.2) is 56.9 Å². The molecule has 1 atom stereocenters. The van der Waals surface area contributed by atoms with E-state index in [1.54, 1.807) is 7.05 Å². The Morgan fingerprint density at radius 2 is 2.28 bits per heavy atom. The first-order chi connectivity index (χ1) is 11.8. The first-order valence-corrected chi connectivity index (χ1v) is 10.2. The van der Waals surface area contributed by atoms with E-state index < -0.39 is 0 Å². The highest BCUT2D eigenvalue weighted by molar-refractivity contribution is 14.0. The molecule has 1 aromatic carbocycles. The minimum atomic E-state index is 0. The lowest BCUT2D eigenvalue weighted by molar-refractivity contribution is 0.114. The number of rotatable bonds is 9. The van der Waals surface area contributed by atoms with E-state index in [-0.39, 0.29) is 24.0 Å². The zero-order valence-corrected chi connectivity index (χ0v) is 19.2. The van der Waals surface area contributed by atoms with E-state index >= 15 is 0 Å². The standard InChI is InChI=1S/C17H26BrN3O2S.HI/c1-19-17(21-13-16-6-3-8-22-16)20-7-10-24-11-9-23-15-5-2-4-14(18)12-15;/h2,4-5,12,16H,3,6-11,13H2,1H3,(H2,19,20,21);1H.